The van der Waals surface area contributed by atoms with Gasteiger partial charge in [-0.2, -0.15) is 0 Å². The lowest BCUT2D eigenvalue weighted by atomic mass is 9.93. The van der Waals surface area contributed by atoms with Crippen LogP contribution in [0.5, 0.6) is 0 Å². The number of hydrogen-bond acceptors (Lipinski definition) is 5. The summed E-state index contributed by atoms with van der Waals surface area (Å²) in [5.74, 6) is 2.10. The van der Waals surface area contributed by atoms with Crippen LogP contribution in [0, 0.1) is 11.8 Å². The second kappa shape index (κ2) is 6.64. The molecule has 2 saturated heterocycles. The zero-order chi connectivity index (χ0) is 15.5. The third-order valence-corrected chi connectivity index (χ3v) is 4.84. The fraction of sp³-hybridized carbons (Fsp3) is 0.444. The average Bonchev–Trinajstić information content (AvgIpc) is 3.15. The van der Waals surface area contributed by atoms with Crippen molar-refractivity contribution < 1.29 is 4.74 Å². The van der Waals surface area contributed by atoms with Crippen molar-refractivity contribution in [2.24, 2.45) is 11.8 Å². The maximum absolute atomic E-state index is 6.02. The van der Waals surface area contributed by atoms with E-state index in [0.717, 1.165) is 44.3 Å². The second-order valence-electron chi connectivity index (χ2n) is 6.41. The largest absolute Gasteiger partial charge is 0.376 e. The van der Waals surface area contributed by atoms with E-state index < -0.39 is 0 Å². The van der Waals surface area contributed by atoms with Crippen LogP contribution in [0.25, 0.3) is 0 Å². The Hall–Kier alpha value is -1.98. The molecule has 2 aliphatic rings. The summed E-state index contributed by atoms with van der Waals surface area (Å²) in [5, 5.41) is 3.44. The molecule has 0 spiro atoms. The van der Waals surface area contributed by atoms with Gasteiger partial charge in [-0.3, -0.25) is 9.88 Å². The smallest absolute Gasteiger partial charge is 0.125 e. The van der Waals surface area contributed by atoms with Gasteiger partial charge in [0.05, 0.1) is 18.4 Å². The normalized spacial score (nSPS) is 27.0. The molecule has 2 aliphatic heterocycles. The van der Waals surface area contributed by atoms with E-state index in [1.807, 2.05) is 36.7 Å². The first-order chi connectivity index (χ1) is 11.4. The van der Waals surface area contributed by atoms with Crippen LogP contribution in [-0.2, 0) is 11.3 Å². The number of likely N-dealkylation sites (tertiary alicyclic amines) is 1. The Morgan fingerprint density at radius 2 is 1.96 bits per heavy atom. The van der Waals surface area contributed by atoms with Crippen molar-refractivity contribution >= 4 is 5.82 Å². The van der Waals surface area contributed by atoms with Gasteiger partial charge >= 0.3 is 0 Å². The topological polar surface area (TPSA) is 50.3 Å². The molecule has 0 amide bonds. The number of nitrogens with zero attached hydrogens (tertiary/aromatic N) is 3. The van der Waals surface area contributed by atoms with Gasteiger partial charge in [-0.15, -0.1) is 0 Å². The predicted molar refractivity (Wildman–Crippen MR) is 89.0 cm³/mol. The van der Waals surface area contributed by atoms with Crippen LogP contribution in [0.3, 0.4) is 0 Å². The van der Waals surface area contributed by atoms with E-state index in [9.17, 15) is 0 Å². The lowest BCUT2D eigenvalue weighted by Crippen LogP contribution is -2.27. The lowest BCUT2D eigenvalue weighted by Gasteiger charge is -2.19. The predicted octanol–water partition coefficient (Wildman–Crippen LogP) is 2.04. The monoisotopic (exact) mass is 310 g/mol. The number of aromatic nitrogens is 2. The third kappa shape index (κ3) is 3.35. The van der Waals surface area contributed by atoms with E-state index in [4.69, 9.17) is 4.74 Å². The van der Waals surface area contributed by atoms with Gasteiger partial charge in [-0.1, -0.05) is 12.1 Å². The highest BCUT2D eigenvalue weighted by atomic mass is 16.5. The van der Waals surface area contributed by atoms with Crippen LogP contribution in [-0.4, -0.2) is 47.2 Å². The summed E-state index contributed by atoms with van der Waals surface area (Å²) in [7, 11) is 0. The molecule has 0 unspecified atom stereocenters. The number of pyridine rings is 2. The molecule has 0 bridgehead atoms. The van der Waals surface area contributed by atoms with E-state index >= 15 is 0 Å². The SMILES string of the molecule is c1ccc(CN2C[C@@H]3[C@@H](CNc4ccccn4)CO[C@@H]3C2)nc1. The maximum Gasteiger partial charge on any atom is 0.125 e. The Morgan fingerprint density at radius 3 is 2.74 bits per heavy atom. The number of nitrogens with one attached hydrogen (secondary N) is 1. The summed E-state index contributed by atoms with van der Waals surface area (Å²) >= 11 is 0. The molecule has 2 aromatic heterocycles. The Kier molecular flexibility index (Phi) is 4.22. The molecule has 3 atom stereocenters. The number of ether oxygens (including phenoxy) is 1. The van der Waals surface area contributed by atoms with Gasteiger partial charge in [0.2, 0.25) is 0 Å². The van der Waals surface area contributed by atoms with Crippen molar-refractivity contribution in [3.63, 3.8) is 0 Å². The second-order valence-corrected chi connectivity index (χ2v) is 6.41. The van der Waals surface area contributed by atoms with Gasteiger partial charge in [-0.25, -0.2) is 4.98 Å². The van der Waals surface area contributed by atoms with Crippen LogP contribution in [0.15, 0.2) is 48.8 Å². The standard InChI is InChI=1S/C18H22N4O/c1-3-7-19-15(5-1)10-22-11-16-14(13-23-17(16)12-22)9-21-18-6-2-4-8-20-18/h1-8,14,16-17H,9-13H2,(H,20,21)/t14-,16+,17+/m0/s1. The van der Waals surface area contributed by atoms with E-state index in [1.54, 1.807) is 0 Å². The first-order valence-electron chi connectivity index (χ1n) is 8.27. The first kappa shape index (κ1) is 14.6. The molecular formula is C18H22N4O. The summed E-state index contributed by atoms with van der Waals surface area (Å²) in [6.45, 7) is 4.80. The average molecular weight is 310 g/mol. The Bertz CT molecular complexity index is 621. The molecule has 5 nitrogen and oxygen atoms in total. The van der Waals surface area contributed by atoms with E-state index in [-0.39, 0.29) is 0 Å². The minimum absolute atomic E-state index is 0.370. The molecule has 5 heteroatoms. The summed E-state index contributed by atoms with van der Waals surface area (Å²) in [4.78, 5) is 11.2. The molecule has 0 radical (unpaired) electrons. The molecule has 120 valence electrons. The Labute approximate surface area is 136 Å². The molecule has 4 rings (SSSR count). The molecule has 0 aromatic carbocycles. The van der Waals surface area contributed by atoms with E-state index in [0.29, 0.717) is 17.9 Å². The van der Waals surface area contributed by atoms with Crippen LogP contribution >= 0.6 is 0 Å². The summed E-state index contributed by atoms with van der Waals surface area (Å²) < 4.78 is 6.02. The molecule has 1 N–H and O–H groups in total. The maximum atomic E-state index is 6.02. The van der Waals surface area contributed by atoms with Gasteiger partial charge in [-0.05, 0) is 24.3 Å². The van der Waals surface area contributed by atoms with Crippen molar-refractivity contribution in [3.8, 4) is 0 Å². The van der Waals surface area contributed by atoms with Crippen molar-refractivity contribution in [2.45, 2.75) is 12.6 Å². The van der Waals surface area contributed by atoms with Crippen molar-refractivity contribution in [2.75, 3.05) is 31.6 Å². The number of fused-ring (bicyclic) bond motifs is 1. The van der Waals surface area contributed by atoms with Crippen molar-refractivity contribution in [3.05, 3.63) is 54.5 Å². The summed E-state index contributed by atoms with van der Waals surface area (Å²) in [6, 6.07) is 12.1. The minimum Gasteiger partial charge on any atom is -0.376 e. The Morgan fingerprint density at radius 1 is 1.09 bits per heavy atom. The highest BCUT2D eigenvalue weighted by Gasteiger charge is 2.43. The molecule has 0 saturated carbocycles. The third-order valence-electron chi connectivity index (χ3n) is 4.84. The van der Waals surface area contributed by atoms with Gasteiger partial charge < -0.3 is 10.1 Å². The first-order valence-corrected chi connectivity index (χ1v) is 8.27. The zero-order valence-corrected chi connectivity index (χ0v) is 13.1. The molecular weight excluding hydrogens is 288 g/mol. The van der Waals surface area contributed by atoms with E-state index in [2.05, 4.69) is 32.3 Å². The highest BCUT2D eigenvalue weighted by Crippen LogP contribution is 2.34. The molecule has 4 heterocycles. The quantitative estimate of drug-likeness (QED) is 0.916. The van der Waals surface area contributed by atoms with Crippen molar-refractivity contribution in [1.29, 1.82) is 0 Å². The summed E-state index contributed by atoms with van der Waals surface area (Å²) in [6.07, 6.45) is 4.05. The van der Waals surface area contributed by atoms with Crippen LogP contribution < -0.4 is 5.32 Å². The molecule has 0 aliphatic carbocycles. The Balaban J connectivity index is 1.32. The van der Waals surface area contributed by atoms with E-state index in [1.165, 1.54) is 0 Å². The fourth-order valence-electron chi connectivity index (χ4n) is 3.64. The van der Waals surface area contributed by atoms with Gasteiger partial charge in [0, 0.05) is 50.4 Å². The number of hydrogen-bond donors (Lipinski definition) is 1. The molecule has 2 aromatic rings. The van der Waals surface area contributed by atoms with Gasteiger partial charge in [0.1, 0.15) is 5.82 Å². The van der Waals surface area contributed by atoms with Crippen LogP contribution in [0.2, 0.25) is 0 Å². The van der Waals surface area contributed by atoms with Crippen LogP contribution in [0.4, 0.5) is 5.82 Å². The number of rotatable bonds is 5. The zero-order valence-electron chi connectivity index (χ0n) is 13.1. The van der Waals surface area contributed by atoms with Gasteiger partial charge in [0.25, 0.3) is 0 Å². The highest BCUT2D eigenvalue weighted by molar-refractivity contribution is 5.33. The molecule has 23 heavy (non-hydrogen) atoms. The van der Waals surface area contributed by atoms with Crippen molar-refractivity contribution in [1.82, 2.24) is 14.9 Å². The fourth-order valence-corrected chi connectivity index (χ4v) is 3.64. The van der Waals surface area contributed by atoms with Gasteiger partial charge in [0.15, 0.2) is 0 Å². The minimum atomic E-state index is 0.370. The van der Waals surface area contributed by atoms with Crippen LogP contribution in [0.1, 0.15) is 5.69 Å². The number of anilines is 1. The molecule has 2 fully saturated rings. The summed E-state index contributed by atoms with van der Waals surface area (Å²) in [5.41, 5.74) is 1.13. The lowest BCUT2D eigenvalue weighted by molar-refractivity contribution is 0.0944.